The lowest BCUT2D eigenvalue weighted by Crippen LogP contribution is -2.58. The van der Waals surface area contributed by atoms with Crippen molar-refractivity contribution >= 4 is 17.8 Å². The van der Waals surface area contributed by atoms with Crippen molar-refractivity contribution in [2.24, 2.45) is 17.3 Å². The minimum atomic E-state index is -1.94. The molecular formula is C18H25NO5. The normalized spacial score (nSPS) is 24.2. The number of carbonyl (C=O) groups excluding carboxylic acids is 1. The Labute approximate surface area is 141 Å². The first-order valence-electron chi connectivity index (χ1n) is 7.97. The van der Waals surface area contributed by atoms with Gasteiger partial charge in [-0.1, -0.05) is 50.6 Å². The van der Waals surface area contributed by atoms with Gasteiger partial charge in [0.25, 0.3) is 0 Å². The molecule has 0 saturated carbocycles. The van der Waals surface area contributed by atoms with Crippen LogP contribution in [0.5, 0.6) is 0 Å². The Kier molecular flexibility index (Phi) is 6.12. The molecule has 0 radical (unpaired) electrons. The predicted molar refractivity (Wildman–Crippen MR) is 90.3 cm³/mol. The molecule has 6 heteroatoms. The number of rotatable bonds is 8. The molecule has 1 amide bonds. The number of nitrogens with one attached hydrogen (secondary N) is 1. The highest BCUT2D eigenvalue weighted by Crippen LogP contribution is 2.45. The lowest BCUT2D eigenvalue weighted by Gasteiger charge is -2.45. The van der Waals surface area contributed by atoms with Crippen LogP contribution in [0.3, 0.4) is 0 Å². The molecule has 0 heterocycles. The highest BCUT2D eigenvalue weighted by Gasteiger charge is 2.56. The Bertz CT molecular complexity index is 578. The quantitative estimate of drug-likeness (QED) is 0.467. The summed E-state index contributed by atoms with van der Waals surface area (Å²) in [7, 11) is 0. The molecule has 3 unspecified atom stereocenters. The second-order valence-electron chi connectivity index (χ2n) is 6.04. The van der Waals surface area contributed by atoms with Gasteiger partial charge in [0.1, 0.15) is 0 Å². The topological polar surface area (TPSA) is 104 Å². The zero-order valence-corrected chi connectivity index (χ0v) is 14.3. The van der Waals surface area contributed by atoms with Crippen molar-refractivity contribution in [2.45, 2.75) is 39.2 Å². The van der Waals surface area contributed by atoms with E-state index in [2.05, 4.69) is 11.9 Å². The van der Waals surface area contributed by atoms with E-state index in [1.54, 1.807) is 38.2 Å². The van der Waals surface area contributed by atoms with Gasteiger partial charge < -0.3 is 15.5 Å². The molecule has 0 aromatic rings. The molecule has 24 heavy (non-hydrogen) atoms. The van der Waals surface area contributed by atoms with Crippen molar-refractivity contribution in [3.05, 3.63) is 37.0 Å². The lowest BCUT2D eigenvalue weighted by molar-refractivity contribution is -0.171. The zero-order chi connectivity index (χ0) is 18.5. The van der Waals surface area contributed by atoms with Crippen LogP contribution in [0.2, 0.25) is 0 Å². The average Bonchev–Trinajstić information content (AvgIpc) is 2.52. The first-order valence-corrected chi connectivity index (χ1v) is 7.97. The Morgan fingerprint density at radius 3 is 2.25 bits per heavy atom. The summed E-state index contributed by atoms with van der Waals surface area (Å²) in [5, 5.41) is 22.2. The third-order valence-electron chi connectivity index (χ3n) is 4.91. The maximum atomic E-state index is 11.9. The van der Waals surface area contributed by atoms with Crippen LogP contribution in [-0.4, -0.2) is 33.6 Å². The maximum absolute atomic E-state index is 11.9. The molecule has 0 saturated heterocycles. The summed E-state index contributed by atoms with van der Waals surface area (Å²) >= 11 is 0. The standard InChI is InChI=1S/C18H25NO5/c1-5-13(18(7-3,15(21)22)16(23)24)14-10-8-9-11-17(14,6-2)19-12(4)20/h6,8-11,13-14H,2,5,7H2,1,3-4H3,(H,19,20)(H,21,22)(H,23,24). The Hall–Kier alpha value is -2.37. The zero-order valence-electron chi connectivity index (χ0n) is 14.3. The van der Waals surface area contributed by atoms with Gasteiger partial charge in [0, 0.05) is 12.8 Å². The number of hydrogen-bond acceptors (Lipinski definition) is 3. The Morgan fingerprint density at radius 1 is 1.29 bits per heavy atom. The van der Waals surface area contributed by atoms with Gasteiger partial charge in [-0.3, -0.25) is 14.4 Å². The lowest BCUT2D eigenvalue weighted by atomic mass is 9.60. The predicted octanol–water partition coefficient (Wildman–Crippen LogP) is 2.38. The smallest absolute Gasteiger partial charge is 0.321 e. The van der Waals surface area contributed by atoms with Gasteiger partial charge in [0.05, 0.1) is 5.54 Å². The molecule has 6 nitrogen and oxygen atoms in total. The molecule has 1 rings (SSSR count). The summed E-state index contributed by atoms with van der Waals surface area (Å²) in [6.45, 7) is 8.45. The Morgan fingerprint density at radius 2 is 1.88 bits per heavy atom. The van der Waals surface area contributed by atoms with Gasteiger partial charge in [-0.05, 0) is 12.3 Å². The minimum absolute atomic E-state index is 0.0580. The monoisotopic (exact) mass is 335 g/mol. The molecule has 0 aromatic heterocycles. The molecule has 3 N–H and O–H groups in total. The van der Waals surface area contributed by atoms with Crippen LogP contribution in [0.4, 0.5) is 0 Å². The van der Waals surface area contributed by atoms with E-state index in [4.69, 9.17) is 0 Å². The molecule has 1 aliphatic rings. The third-order valence-corrected chi connectivity index (χ3v) is 4.91. The van der Waals surface area contributed by atoms with E-state index < -0.39 is 34.7 Å². The highest BCUT2D eigenvalue weighted by molar-refractivity contribution is 5.98. The molecule has 3 atom stereocenters. The summed E-state index contributed by atoms with van der Waals surface area (Å²) in [6, 6.07) is 0. The van der Waals surface area contributed by atoms with E-state index in [1.165, 1.54) is 13.0 Å². The summed E-state index contributed by atoms with van der Waals surface area (Å²) in [4.78, 5) is 35.5. The van der Waals surface area contributed by atoms with E-state index in [0.717, 1.165) is 0 Å². The van der Waals surface area contributed by atoms with Gasteiger partial charge in [0.15, 0.2) is 5.41 Å². The third kappa shape index (κ3) is 3.13. The molecule has 132 valence electrons. The van der Waals surface area contributed by atoms with Crippen LogP contribution >= 0.6 is 0 Å². The largest absolute Gasteiger partial charge is 0.480 e. The van der Waals surface area contributed by atoms with Crippen LogP contribution < -0.4 is 5.32 Å². The number of aliphatic carboxylic acids is 2. The van der Waals surface area contributed by atoms with Crippen molar-refractivity contribution in [3.63, 3.8) is 0 Å². The first kappa shape index (κ1) is 19.7. The van der Waals surface area contributed by atoms with E-state index in [1.807, 2.05) is 0 Å². The fourth-order valence-corrected chi connectivity index (χ4v) is 3.70. The number of carboxylic acids is 2. The molecule has 0 fully saturated rings. The number of amides is 1. The first-order chi connectivity index (χ1) is 11.2. The summed E-state index contributed by atoms with van der Waals surface area (Å²) in [5.74, 6) is -4.31. The van der Waals surface area contributed by atoms with Crippen LogP contribution in [0, 0.1) is 17.3 Å². The average molecular weight is 335 g/mol. The molecule has 1 aliphatic carbocycles. The van der Waals surface area contributed by atoms with Crippen LogP contribution in [0.15, 0.2) is 37.0 Å². The summed E-state index contributed by atoms with van der Waals surface area (Å²) in [6.07, 6.45) is 8.74. The number of carboxylic acid groups (broad SMARTS) is 2. The molecule has 0 bridgehead atoms. The molecule has 0 spiro atoms. The van der Waals surface area contributed by atoms with Crippen molar-refractivity contribution in [3.8, 4) is 0 Å². The molecular weight excluding hydrogens is 310 g/mol. The SMILES string of the molecule is C=CC1(NC(C)=O)C=CC=CC1C(CC)C(CC)(C(=O)O)C(=O)O. The van der Waals surface area contributed by atoms with E-state index in [-0.39, 0.29) is 12.3 Å². The second-order valence-corrected chi connectivity index (χ2v) is 6.04. The number of hydrogen-bond donors (Lipinski definition) is 3. The van der Waals surface area contributed by atoms with Crippen molar-refractivity contribution in [2.75, 3.05) is 0 Å². The van der Waals surface area contributed by atoms with Gasteiger partial charge in [-0.25, -0.2) is 0 Å². The second kappa shape index (κ2) is 7.47. The highest BCUT2D eigenvalue weighted by atomic mass is 16.4. The van der Waals surface area contributed by atoms with Crippen LogP contribution in [0.25, 0.3) is 0 Å². The van der Waals surface area contributed by atoms with Gasteiger partial charge >= 0.3 is 11.9 Å². The minimum Gasteiger partial charge on any atom is -0.480 e. The maximum Gasteiger partial charge on any atom is 0.321 e. The molecule has 0 aliphatic heterocycles. The van der Waals surface area contributed by atoms with Gasteiger partial charge in [0.2, 0.25) is 5.91 Å². The van der Waals surface area contributed by atoms with Crippen molar-refractivity contribution < 1.29 is 24.6 Å². The fraction of sp³-hybridized carbons (Fsp3) is 0.500. The van der Waals surface area contributed by atoms with E-state index in [0.29, 0.717) is 6.42 Å². The fourth-order valence-electron chi connectivity index (χ4n) is 3.70. The number of carbonyl (C=O) groups is 3. The van der Waals surface area contributed by atoms with Gasteiger partial charge in [-0.15, -0.1) is 6.58 Å². The van der Waals surface area contributed by atoms with Crippen LogP contribution in [0.1, 0.15) is 33.6 Å². The number of allylic oxidation sites excluding steroid dienone is 2. The van der Waals surface area contributed by atoms with E-state index in [9.17, 15) is 24.6 Å². The summed E-state index contributed by atoms with van der Waals surface area (Å²) < 4.78 is 0. The van der Waals surface area contributed by atoms with Crippen molar-refractivity contribution in [1.82, 2.24) is 5.32 Å². The van der Waals surface area contributed by atoms with Gasteiger partial charge in [-0.2, -0.15) is 0 Å². The molecule has 0 aromatic carbocycles. The Balaban J connectivity index is 3.54. The van der Waals surface area contributed by atoms with Crippen molar-refractivity contribution in [1.29, 1.82) is 0 Å². The van der Waals surface area contributed by atoms with Crippen LogP contribution in [-0.2, 0) is 14.4 Å². The summed E-state index contributed by atoms with van der Waals surface area (Å²) in [5.41, 5.74) is -2.96. The van der Waals surface area contributed by atoms with E-state index >= 15 is 0 Å².